The van der Waals surface area contributed by atoms with E-state index in [-0.39, 0.29) is 71.2 Å². The van der Waals surface area contributed by atoms with Crippen molar-refractivity contribution in [2.24, 2.45) is 10.8 Å². The molecule has 0 amide bonds. The van der Waals surface area contributed by atoms with E-state index in [4.69, 9.17) is 0 Å². The molecule has 3 unspecified atom stereocenters. The van der Waals surface area contributed by atoms with Gasteiger partial charge in [0.15, 0.2) is 23.2 Å². The number of nitrogens with zero attached hydrogens (tertiary/aromatic N) is 5. The van der Waals surface area contributed by atoms with Crippen LogP contribution in [0.15, 0.2) is 71.6 Å². The molecule has 0 fully saturated rings. The Balaban J connectivity index is 1.25. The molecule has 16 heteroatoms. The summed E-state index contributed by atoms with van der Waals surface area (Å²) in [5.41, 5.74) is -4.07. The van der Waals surface area contributed by atoms with Crippen molar-refractivity contribution in [2.75, 3.05) is 10.6 Å². The number of alkyl halides is 6. The number of Topliss-reactive ketones (excluding diaryl/α,β-unsaturated/α-hetero) is 2. The second kappa shape index (κ2) is 11.4. The van der Waals surface area contributed by atoms with E-state index in [1.165, 1.54) is 24.8 Å². The van der Waals surface area contributed by atoms with Gasteiger partial charge in [0.1, 0.15) is 11.4 Å². The number of aromatic nitrogens is 6. The number of aromatic amines is 1. The Kier molecular flexibility index (Phi) is 7.46. The Morgan fingerprint density at radius 3 is 2.17 bits per heavy atom. The summed E-state index contributed by atoms with van der Waals surface area (Å²) in [5.74, 6) is -2.15. The lowest BCUT2D eigenvalue weighted by molar-refractivity contribution is -0.146. The first kappa shape index (κ1) is 34.8. The number of rotatable bonds is 4. The number of carbonyl (C=O) groups is 2. The first-order valence-electron chi connectivity index (χ1n) is 17.0. The van der Waals surface area contributed by atoms with Crippen molar-refractivity contribution in [3.63, 3.8) is 0 Å². The molecule has 8 rings (SSSR count). The monoisotopic (exact) mass is 736 g/mol. The molecule has 0 spiro atoms. The number of carbonyl (C=O) groups excluding carboxylic acids is 2. The van der Waals surface area contributed by atoms with E-state index in [0.717, 1.165) is 4.68 Å². The normalized spacial score (nSPS) is 25.3. The second-order valence-electron chi connectivity index (χ2n) is 15.7. The number of halogens is 6. The second-order valence-corrected chi connectivity index (χ2v) is 15.7. The minimum Gasteiger partial charge on any atom is -0.342 e. The molecule has 6 heterocycles. The molecule has 10 nitrogen and oxygen atoms in total. The highest BCUT2D eigenvalue weighted by atomic mass is 19.4. The maximum Gasteiger partial charge on any atom is 0.433 e. The largest absolute Gasteiger partial charge is 0.433 e. The summed E-state index contributed by atoms with van der Waals surface area (Å²) >= 11 is 0. The van der Waals surface area contributed by atoms with Gasteiger partial charge >= 0.3 is 12.4 Å². The van der Waals surface area contributed by atoms with E-state index in [0.29, 0.717) is 23.2 Å². The number of pyridine rings is 2. The van der Waals surface area contributed by atoms with Crippen molar-refractivity contribution in [1.82, 2.24) is 29.9 Å². The molecule has 3 N–H and O–H groups in total. The first-order valence-corrected chi connectivity index (χ1v) is 17.0. The maximum atomic E-state index is 15.5. The number of fused-ring (bicyclic) bond motifs is 2. The number of allylic oxidation sites excluding steroid dienone is 4. The number of hydrogen-bond acceptors (Lipinski definition) is 8. The molecule has 4 aromatic rings. The van der Waals surface area contributed by atoms with Crippen LogP contribution < -0.4 is 10.6 Å². The number of nitrogens with one attached hydrogen (secondary N) is 3. The lowest BCUT2D eigenvalue weighted by Gasteiger charge is -2.43. The number of hydrogen-bond donors (Lipinski definition) is 3. The van der Waals surface area contributed by atoms with E-state index in [9.17, 15) is 22.8 Å². The van der Waals surface area contributed by atoms with Crippen LogP contribution in [0.3, 0.4) is 0 Å². The zero-order valence-corrected chi connectivity index (χ0v) is 29.1. The van der Waals surface area contributed by atoms with Crippen molar-refractivity contribution in [3.05, 3.63) is 105 Å². The van der Waals surface area contributed by atoms with Crippen molar-refractivity contribution in [3.8, 4) is 0 Å². The molecule has 4 aromatic heterocycles. The van der Waals surface area contributed by atoms with E-state index in [2.05, 4.69) is 35.9 Å². The van der Waals surface area contributed by atoms with Crippen LogP contribution in [0.1, 0.15) is 92.9 Å². The van der Waals surface area contributed by atoms with Crippen LogP contribution in [0.25, 0.3) is 0 Å². The average Bonchev–Trinajstić information content (AvgIpc) is 3.65. The van der Waals surface area contributed by atoms with Crippen LogP contribution in [0.4, 0.5) is 38.0 Å². The highest BCUT2D eigenvalue weighted by Gasteiger charge is 2.55. The molecular weight excluding hydrogens is 702 g/mol. The van der Waals surface area contributed by atoms with Gasteiger partial charge in [-0.1, -0.05) is 32.9 Å². The zero-order valence-electron chi connectivity index (χ0n) is 29.1. The Labute approximate surface area is 299 Å². The lowest BCUT2D eigenvalue weighted by Crippen LogP contribution is -2.43. The number of ketones is 2. The molecule has 0 bridgehead atoms. The quantitative estimate of drug-likeness (QED) is 0.182. The van der Waals surface area contributed by atoms with Crippen LogP contribution in [0.2, 0.25) is 0 Å². The molecule has 2 aliphatic carbocycles. The van der Waals surface area contributed by atoms with E-state index < -0.39 is 51.7 Å². The van der Waals surface area contributed by atoms with Crippen LogP contribution in [-0.4, -0.2) is 41.5 Å². The highest BCUT2D eigenvalue weighted by Crippen LogP contribution is 2.57. The van der Waals surface area contributed by atoms with Gasteiger partial charge in [-0.05, 0) is 53.9 Å². The maximum absolute atomic E-state index is 15.5. The molecule has 276 valence electrons. The summed E-state index contributed by atoms with van der Waals surface area (Å²) in [6, 6.07) is 6.37. The third-order valence-corrected chi connectivity index (χ3v) is 10.9. The zero-order chi connectivity index (χ0) is 37.9. The Hall–Kier alpha value is -5.28. The van der Waals surface area contributed by atoms with Crippen molar-refractivity contribution in [1.29, 1.82) is 0 Å². The predicted octanol–water partition coefficient (Wildman–Crippen LogP) is 7.69. The van der Waals surface area contributed by atoms with E-state index >= 15 is 13.2 Å². The van der Waals surface area contributed by atoms with Crippen LogP contribution >= 0.6 is 0 Å². The van der Waals surface area contributed by atoms with Gasteiger partial charge in [-0.15, -0.1) is 0 Å². The van der Waals surface area contributed by atoms with Crippen molar-refractivity contribution in [2.45, 2.75) is 83.6 Å². The van der Waals surface area contributed by atoms with Crippen LogP contribution in [-0.2, 0) is 33.9 Å². The summed E-state index contributed by atoms with van der Waals surface area (Å²) in [7, 11) is 0. The Morgan fingerprint density at radius 2 is 1.53 bits per heavy atom. The molecule has 0 aromatic carbocycles. The minimum absolute atomic E-state index is 0.00492. The van der Waals surface area contributed by atoms with E-state index in [1.54, 1.807) is 38.1 Å². The standard InChI is InChI=1S/C37H34F6N8O2/c1-33(2)11-21-27(23(53)13-33)35(4,19-8-6-10-45-16-19)28-30(37(41,42)43)51(50-32(28)47-21)17-34(3)12-20-25(22(52)14-34)24(18-7-5-9-44-15-18)26-29(36(38,39)40)48-49-31(26)46-20/h5-10,15-16,24H,11-14,17H2,1-4H3,(H,47,50)(H2,46,48,49). The first-order chi connectivity index (χ1) is 24.8. The molecule has 4 aliphatic rings. The topological polar surface area (TPSA) is 130 Å². The van der Waals surface area contributed by atoms with Gasteiger partial charge in [0.2, 0.25) is 0 Å². The summed E-state index contributed by atoms with van der Waals surface area (Å²) < 4.78 is 89.9. The summed E-state index contributed by atoms with van der Waals surface area (Å²) in [6.45, 7) is 6.71. The van der Waals surface area contributed by atoms with Gasteiger partial charge < -0.3 is 10.6 Å². The molecule has 0 saturated carbocycles. The predicted molar refractivity (Wildman–Crippen MR) is 179 cm³/mol. The summed E-state index contributed by atoms with van der Waals surface area (Å²) in [5, 5.41) is 16.5. The van der Waals surface area contributed by atoms with Gasteiger partial charge in [-0.25, -0.2) is 0 Å². The SMILES string of the molecule is CC1(C)CC(=O)C2=C(C1)Nc1nn(CC3(C)CC(=O)C4=C(C3)Nc3n[nH]c(C(F)(F)F)c3C4c3cccnc3)c(C(F)(F)F)c1C2(C)c1cccnc1. The third-order valence-electron chi connectivity index (χ3n) is 10.9. The van der Waals surface area contributed by atoms with Crippen molar-refractivity contribution < 1.29 is 35.9 Å². The molecule has 0 radical (unpaired) electrons. The lowest BCUT2D eigenvalue weighted by atomic mass is 9.62. The molecule has 2 aliphatic heterocycles. The fourth-order valence-corrected chi connectivity index (χ4v) is 8.91. The fraction of sp³-hybridized carbons (Fsp3) is 0.405. The van der Waals surface area contributed by atoms with Crippen LogP contribution in [0.5, 0.6) is 0 Å². The smallest absolute Gasteiger partial charge is 0.342 e. The highest BCUT2D eigenvalue weighted by molar-refractivity contribution is 6.03. The van der Waals surface area contributed by atoms with Crippen LogP contribution in [0, 0.1) is 10.8 Å². The van der Waals surface area contributed by atoms with Gasteiger partial charge in [0, 0.05) is 83.8 Å². The third kappa shape index (κ3) is 5.47. The minimum atomic E-state index is -4.95. The molecular formula is C37H34F6N8O2. The Bertz CT molecular complexity index is 2250. The summed E-state index contributed by atoms with van der Waals surface area (Å²) in [6.07, 6.45) is -3.71. The number of H-pyrrole nitrogens is 1. The Morgan fingerprint density at radius 1 is 0.830 bits per heavy atom. The van der Waals surface area contributed by atoms with Crippen molar-refractivity contribution >= 4 is 23.2 Å². The fourth-order valence-electron chi connectivity index (χ4n) is 8.91. The van der Waals surface area contributed by atoms with E-state index in [1.807, 2.05) is 13.8 Å². The summed E-state index contributed by atoms with van der Waals surface area (Å²) in [4.78, 5) is 36.3. The van der Waals surface area contributed by atoms with Gasteiger partial charge in [0.25, 0.3) is 0 Å². The van der Waals surface area contributed by atoms with Gasteiger partial charge in [-0.3, -0.25) is 29.3 Å². The average molecular weight is 737 g/mol. The molecule has 0 saturated heterocycles. The van der Waals surface area contributed by atoms with Gasteiger partial charge in [0.05, 0.1) is 5.41 Å². The molecule has 53 heavy (non-hydrogen) atoms. The molecule has 3 atom stereocenters. The number of anilines is 2. The van der Waals surface area contributed by atoms with Gasteiger partial charge in [-0.2, -0.15) is 36.5 Å².